The number of nitrogens with zero attached hydrogens (tertiary/aromatic N) is 4. The number of rotatable bonds is 8. The van der Waals surface area contributed by atoms with Gasteiger partial charge in [0.05, 0.1) is 12.2 Å². The Hall–Kier alpha value is -3.78. The van der Waals surface area contributed by atoms with E-state index in [1.807, 2.05) is 25.1 Å². The van der Waals surface area contributed by atoms with Crippen LogP contribution in [0.5, 0.6) is 0 Å². The second-order valence-electron chi connectivity index (χ2n) is 8.58. The first-order valence-corrected chi connectivity index (χ1v) is 11.3. The molecule has 0 spiro atoms. The highest BCUT2D eigenvalue weighted by Crippen LogP contribution is 2.34. The second-order valence-corrected chi connectivity index (χ2v) is 8.58. The molecule has 4 aromatic rings. The molecule has 1 aromatic heterocycles. The molecule has 5 rings (SSSR count). The molecule has 0 saturated carbocycles. The SMILES string of the molecule is C[C@H]([C@@H](Cn1cncn1)c1ccc(F)cc1F)N1Cc2cc(NCc3ccccc3)ccc2N1. The standard InChI is InChI=1S/C26H26F2N6/c1-18(24(15-33-17-29-16-31-33)23-9-7-21(27)12-25(23)28)34-14-20-11-22(8-10-26(20)32-34)30-13-19-5-3-2-4-6-19/h2-12,16-18,24,30,32H,13-15H2,1H3/t18-,24-/m1/s1. The van der Waals surface area contributed by atoms with Gasteiger partial charge in [-0.2, -0.15) is 5.10 Å². The molecule has 2 N–H and O–H groups in total. The van der Waals surface area contributed by atoms with Crippen LogP contribution in [0, 0.1) is 11.6 Å². The molecule has 0 bridgehead atoms. The van der Waals surface area contributed by atoms with Gasteiger partial charge in [0.2, 0.25) is 0 Å². The number of hydrogen-bond acceptors (Lipinski definition) is 5. The number of hydrazine groups is 1. The van der Waals surface area contributed by atoms with Crippen LogP contribution in [0.25, 0.3) is 0 Å². The second kappa shape index (κ2) is 9.61. The van der Waals surface area contributed by atoms with Crippen LogP contribution in [0.2, 0.25) is 0 Å². The summed E-state index contributed by atoms with van der Waals surface area (Å²) in [6, 6.07) is 20.2. The Morgan fingerprint density at radius 1 is 1.06 bits per heavy atom. The van der Waals surface area contributed by atoms with Crippen LogP contribution in [0.4, 0.5) is 20.2 Å². The third-order valence-electron chi connectivity index (χ3n) is 6.34. The van der Waals surface area contributed by atoms with Crippen molar-refractivity contribution in [2.24, 2.45) is 0 Å². The summed E-state index contributed by atoms with van der Waals surface area (Å²) in [6.07, 6.45) is 3.06. The van der Waals surface area contributed by atoms with E-state index in [9.17, 15) is 8.78 Å². The van der Waals surface area contributed by atoms with Crippen LogP contribution in [0.3, 0.4) is 0 Å². The van der Waals surface area contributed by atoms with Crippen molar-refractivity contribution < 1.29 is 8.78 Å². The monoisotopic (exact) mass is 460 g/mol. The molecule has 0 fully saturated rings. The van der Waals surface area contributed by atoms with Crippen molar-refractivity contribution in [2.45, 2.75) is 38.5 Å². The summed E-state index contributed by atoms with van der Waals surface area (Å²) < 4.78 is 30.0. The van der Waals surface area contributed by atoms with E-state index in [0.29, 0.717) is 18.7 Å². The molecule has 0 aliphatic carbocycles. The molecule has 0 saturated heterocycles. The van der Waals surface area contributed by atoms with Gasteiger partial charge in [0, 0.05) is 36.8 Å². The zero-order chi connectivity index (χ0) is 23.5. The Bertz CT molecular complexity index is 1250. The number of nitrogens with one attached hydrogen (secondary N) is 2. The summed E-state index contributed by atoms with van der Waals surface area (Å²) in [5.41, 5.74) is 8.35. The topological polar surface area (TPSA) is 58.0 Å². The fourth-order valence-corrected chi connectivity index (χ4v) is 4.43. The fraction of sp³-hybridized carbons (Fsp3) is 0.231. The number of halogens is 2. The Kier molecular flexibility index (Phi) is 6.22. The van der Waals surface area contributed by atoms with Gasteiger partial charge in [0.1, 0.15) is 24.3 Å². The van der Waals surface area contributed by atoms with Gasteiger partial charge in [-0.1, -0.05) is 36.4 Å². The summed E-state index contributed by atoms with van der Waals surface area (Å²) in [6.45, 7) is 3.87. The molecule has 34 heavy (non-hydrogen) atoms. The highest BCUT2D eigenvalue weighted by atomic mass is 19.1. The predicted molar refractivity (Wildman–Crippen MR) is 128 cm³/mol. The average molecular weight is 461 g/mol. The van der Waals surface area contributed by atoms with E-state index in [4.69, 9.17) is 0 Å². The van der Waals surface area contributed by atoms with Crippen molar-refractivity contribution in [2.75, 3.05) is 10.7 Å². The quantitative estimate of drug-likeness (QED) is 0.379. The van der Waals surface area contributed by atoms with Crippen LogP contribution in [0.1, 0.15) is 29.5 Å². The van der Waals surface area contributed by atoms with Crippen molar-refractivity contribution >= 4 is 11.4 Å². The number of aromatic nitrogens is 3. The van der Waals surface area contributed by atoms with E-state index < -0.39 is 11.6 Å². The maximum absolute atomic E-state index is 14.8. The molecule has 0 radical (unpaired) electrons. The summed E-state index contributed by atoms with van der Waals surface area (Å²) in [5.74, 6) is -1.42. The molecule has 0 unspecified atom stereocenters. The molecule has 6 nitrogen and oxygen atoms in total. The molecule has 1 aliphatic heterocycles. The van der Waals surface area contributed by atoms with Gasteiger partial charge in [0.15, 0.2) is 0 Å². The minimum atomic E-state index is -0.587. The van der Waals surface area contributed by atoms with E-state index >= 15 is 0 Å². The molecule has 174 valence electrons. The molecule has 3 aromatic carbocycles. The molecular weight excluding hydrogens is 434 g/mol. The Morgan fingerprint density at radius 2 is 1.91 bits per heavy atom. The Labute approximate surface area is 197 Å². The van der Waals surface area contributed by atoms with Crippen LogP contribution < -0.4 is 10.7 Å². The maximum Gasteiger partial charge on any atom is 0.137 e. The molecule has 0 amide bonds. The summed E-state index contributed by atoms with van der Waals surface area (Å²) >= 11 is 0. The third-order valence-corrected chi connectivity index (χ3v) is 6.34. The zero-order valence-corrected chi connectivity index (χ0v) is 18.8. The van der Waals surface area contributed by atoms with Gasteiger partial charge in [-0.15, -0.1) is 0 Å². The predicted octanol–water partition coefficient (Wildman–Crippen LogP) is 5.18. The van der Waals surface area contributed by atoms with Crippen molar-refractivity contribution in [3.8, 4) is 0 Å². The van der Waals surface area contributed by atoms with E-state index in [1.165, 1.54) is 24.0 Å². The summed E-state index contributed by atoms with van der Waals surface area (Å²) in [7, 11) is 0. The Balaban J connectivity index is 1.33. The average Bonchev–Trinajstić information content (AvgIpc) is 3.51. The largest absolute Gasteiger partial charge is 0.381 e. The van der Waals surface area contributed by atoms with Crippen LogP contribution in [-0.4, -0.2) is 25.8 Å². The number of anilines is 2. The minimum absolute atomic E-state index is 0.114. The highest BCUT2D eigenvalue weighted by Gasteiger charge is 2.31. The Morgan fingerprint density at radius 3 is 2.68 bits per heavy atom. The number of hydrogen-bond donors (Lipinski definition) is 2. The highest BCUT2D eigenvalue weighted by molar-refractivity contribution is 5.61. The molecule has 2 heterocycles. The first-order valence-electron chi connectivity index (χ1n) is 11.3. The van der Waals surface area contributed by atoms with Gasteiger partial charge in [0.25, 0.3) is 0 Å². The van der Waals surface area contributed by atoms with Gasteiger partial charge in [-0.3, -0.25) is 4.68 Å². The number of fused-ring (bicyclic) bond motifs is 1. The van der Waals surface area contributed by atoms with Crippen molar-refractivity contribution in [3.63, 3.8) is 0 Å². The minimum Gasteiger partial charge on any atom is -0.381 e. The van der Waals surface area contributed by atoms with Gasteiger partial charge < -0.3 is 10.7 Å². The third kappa shape index (κ3) is 4.77. The molecule has 8 heteroatoms. The van der Waals surface area contributed by atoms with E-state index in [0.717, 1.165) is 29.5 Å². The summed E-state index contributed by atoms with van der Waals surface area (Å²) in [5, 5.41) is 9.77. The van der Waals surface area contributed by atoms with Crippen LogP contribution in [0.15, 0.2) is 79.4 Å². The van der Waals surface area contributed by atoms with Gasteiger partial charge >= 0.3 is 0 Å². The first kappa shape index (κ1) is 22.0. The smallest absolute Gasteiger partial charge is 0.137 e. The van der Waals surface area contributed by atoms with Gasteiger partial charge in [-0.05, 0) is 47.9 Å². The van der Waals surface area contributed by atoms with Crippen molar-refractivity contribution in [1.82, 2.24) is 19.8 Å². The van der Waals surface area contributed by atoms with E-state index in [1.54, 1.807) is 11.0 Å². The fourth-order valence-electron chi connectivity index (χ4n) is 4.43. The summed E-state index contributed by atoms with van der Waals surface area (Å²) in [4.78, 5) is 4.01. The normalized spacial score (nSPS) is 14.9. The molecule has 2 atom stereocenters. The van der Waals surface area contributed by atoms with Crippen molar-refractivity contribution in [3.05, 3.63) is 108 Å². The number of benzene rings is 3. The lowest BCUT2D eigenvalue weighted by atomic mass is 9.91. The van der Waals surface area contributed by atoms with Gasteiger partial charge in [-0.25, -0.2) is 18.8 Å². The maximum atomic E-state index is 14.8. The van der Waals surface area contributed by atoms with E-state index in [-0.39, 0.29) is 12.0 Å². The van der Waals surface area contributed by atoms with E-state index in [2.05, 4.69) is 56.2 Å². The van der Waals surface area contributed by atoms with Crippen molar-refractivity contribution in [1.29, 1.82) is 0 Å². The molecular formula is C26H26F2N6. The lowest BCUT2D eigenvalue weighted by molar-refractivity contribution is 0.211. The van der Waals surface area contributed by atoms with Crippen LogP contribution in [-0.2, 0) is 19.6 Å². The lowest BCUT2D eigenvalue weighted by Crippen LogP contribution is -2.39. The zero-order valence-electron chi connectivity index (χ0n) is 18.8. The van der Waals surface area contributed by atoms with Crippen LogP contribution >= 0.6 is 0 Å². The first-order chi connectivity index (χ1) is 16.6. The lowest BCUT2D eigenvalue weighted by Gasteiger charge is -2.32. The molecule has 1 aliphatic rings.